The summed E-state index contributed by atoms with van der Waals surface area (Å²) >= 11 is 0. The van der Waals surface area contributed by atoms with Gasteiger partial charge in [-0.1, -0.05) is 37.8 Å². The van der Waals surface area contributed by atoms with Crippen LogP contribution in [-0.2, 0) is 14.3 Å². The Hall–Kier alpha value is -1.82. The van der Waals surface area contributed by atoms with Gasteiger partial charge in [0.25, 0.3) is 0 Å². The lowest BCUT2D eigenvalue weighted by Crippen LogP contribution is -2.55. The van der Waals surface area contributed by atoms with Crippen LogP contribution in [0.25, 0.3) is 0 Å². The number of ether oxygens (including phenoxy) is 1. The van der Waals surface area contributed by atoms with Crippen molar-refractivity contribution in [2.24, 2.45) is 29.1 Å². The lowest BCUT2D eigenvalue weighted by atomic mass is 9.49. The molecule has 0 saturated heterocycles. The first-order chi connectivity index (χ1) is 14.0. The third kappa shape index (κ3) is 3.11. The van der Waals surface area contributed by atoms with Crippen LogP contribution in [0.2, 0.25) is 0 Å². The number of unbranched alkanes of at least 4 members (excludes halogenated alkanes) is 1. The van der Waals surface area contributed by atoms with Gasteiger partial charge in [-0.3, -0.25) is 9.59 Å². The minimum Gasteiger partial charge on any atom is -0.441 e. The highest BCUT2D eigenvalue weighted by Crippen LogP contribution is 2.64. The van der Waals surface area contributed by atoms with Gasteiger partial charge in [0, 0.05) is 18.3 Å². The number of esters is 1. The fourth-order valence-electron chi connectivity index (χ4n) is 7.07. The van der Waals surface area contributed by atoms with E-state index in [-0.39, 0.29) is 11.4 Å². The average Bonchev–Trinajstić information content (AvgIpc) is 3.06. The Bertz CT molecular complexity index is 784. The van der Waals surface area contributed by atoms with Crippen molar-refractivity contribution < 1.29 is 14.3 Å². The summed E-state index contributed by atoms with van der Waals surface area (Å²) in [5.74, 6) is 5.21. The number of ketones is 1. The van der Waals surface area contributed by atoms with Gasteiger partial charge < -0.3 is 4.74 Å². The SMILES string of the molecule is C#C[C@]1(OC(=O)CCCC)C=C[C@H]2[C@@H]3CCC4=CC(=O)CC[C@@H]4[C@H]3CC[C@@]21CC. The van der Waals surface area contributed by atoms with Crippen LogP contribution < -0.4 is 0 Å². The van der Waals surface area contributed by atoms with Crippen molar-refractivity contribution in [3.63, 3.8) is 0 Å². The van der Waals surface area contributed by atoms with Crippen molar-refractivity contribution in [1.82, 2.24) is 0 Å². The molecule has 4 rings (SSSR count). The van der Waals surface area contributed by atoms with E-state index < -0.39 is 5.60 Å². The number of rotatable bonds is 5. The highest BCUT2D eigenvalue weighted by atomic mass is 16.6. The van der Waals surface area contributed by atoms with Gasteiger partial charge in [-0.25, -0.2) is 0 Å². The maximum absolute atomic E-state index is 12.6. The van der Waals surface area contributed by atoms with Gasteiger partial charge in [-0.05, 0) is 80.8 Å². The molecule has 4 aliphatic rings. The molecule has 6 atom stereocenters. The van der Waals surface area contributed by atoms with Crippen LogP contribution in [0.1, 0.15) is 78.1 Å². The van der Waals surface area contributed by atoms with Crippen molar-refractivity contribution in [2.75, 3.05) is 0 Å². The molecule has 3 heteroatoms. The van der Waals surface area contributed by atoms with E-state index in [4.69, 9.17) is 11.2 Å². The molecule has 29 heavy (non-hydrogen) atoms. The zero-order valence-corrected chi connectivity index (χ0v) is 17.9. The van der Waals surface area contributed by atoms with E-state index in [0.717, 1.165) is 51.4 Å². The maximum atomic E-state index is 12.6. The second-order valence-corrected chi connectivity index (χ2v) is 9.59. The standard InChI is InChI=1S/C26H34O3/c1-4-7-8-24(28)29-26(6-3)16-14-23-22-11-9-18-17-19(27)10-12-20(18)21(22)13-15-25(23,26)5-2/h3,14,16-17,20-23H,4-5,7-13,15H2,1-2H3/t20-,21+,22+,23-,25-,26-/m0/s1. The molecule has 0 bridgehead atoms. The summed E-state index contributed by atoms with van der Waals surface area (Å²) in [7, 11) is 0. The summed E-state index contributed by atoms with van der Waals surface area (Å²) in [6, 6.07) is 0. The molecule has 3 nitrogen and oxygen atoms in total. The number of terminal acetylenes is 1. The average molecular weight is 395 g/mol. The molecule has 4 aliphatic carbocycles. The first-order valence-corrected chi connectivity index (χ1v) is 11.6. The van der Waals surface area contributed by atoms with Crippen LogP contribution in [0.15, 0.2) is 23.8 Å². The van der Waals surface area contributed by atoms with Gasteiger partial charge >= 0.3 is 5.97 Å². The number of allylic oxidation sites excluding steroid dienone is 3. The Morgan fingerprint density at radius 2 is 2.07 bits per heavy atom. The minimum absolute atomic E-state index is 0.162. The summed E-state index contributed by atoms with van der Waals surface area (Å²) in [6.45, 7) is 4.29. The van der Waals surface area contributed by atoms with Crippen molar-refractivity contribution >= 4 is 11.8 Å². The Morgan fingerprint density at radius 1 is 1.24 bits per heavy atom. The van der Waals surface area contributed by atoms with E-state index in [1.807, 2.05) is 12.2 Å². The molecule has 0 N–H and O–H groups in total. The molecule has 0 aromatic rings. The summed E-state index contributed by atoms with van der Waals surface area (Å²) in [6.07, 6.45) is 21.5. The van der Waals surface area contributed by atoms with Crippen molar-refractivity contribution in [2.45, 2.75) is 83.7 Å². The van der Waals surface area contributed by atoms with Crippen LogP contribution in [-0.4, -0.2) is 17.4 Å². The summed E-state index contributed by atoms with van der Waals surface area (Å²) in [5.41, 5.74) is 0.305. The molecule has 156 valence electrons. The molecule has 0 spiro atoms. The highest BCUT2D eigenvalue weighted by molar-refractivity contribution is 5.91. The third-order valence-corrected chi connectivity index (χ3v) is 8.51. The predicted molar refractivity (Wildman–Crippen MR) is 114 cm³/mol. The van der Waals surface area contributed by atoms with Gasteiger partial charge in [0.2, 0.25) is 0 Å². The molecule has 2 saturated carbocycles. The normalized spacial score (nSPS) is 40.3. The fourth-order valence-corrected chi connectivity index (χ4v) is 7.07. The van der Waals surface area contributed by atoms with Crippen molar-refractivity contribution in [1.29, 1.82) is 0 Å². The molecular formula is C26H34O3. The van der Waals surface area contributed by atoms with E-state index in [0.29, 0.717) is 42.3 Å². The second-order valence-electron chi connectivity index (χ2n) is 9.59. The van der Waals surface area contributed by atoms with Crippen LogP contribution >= 0.6 is 0 Å². The number of carbonyl (C=O) groups excluding carboxylic acids is 2. The lowest BCUT2D eigenvalue weighted by molar-refractivity contribution is -0.168. The van der Waals surface area contributed by atoms with E-state index >= 15 is 0 Å². The molecule has 0 aromatic heterocycles. The van der Waals surface area contributed by atoms with Crippen LogP contribution in [0.5, 0.6) is 0 Å². The summed E-state index contributed by atoms with van der Waals surface area (Å²) in [4.78, 5) is 24.5. The monoisotopic (exact) mass is 394 g/mol. The van der Waals surface area contributed by atoms with E-state index in [9.17, 15) is 9.59 Å². The Morgan fingerprint density at radius 3 is 2.79 bits per heavy atom. The zero-order chi connectivity index (χ0) is 20.6. The smallest absolute Gasteiger partial charge is 0.307 e. The fraction of sp³-hybridized carbons (Fsp3) is 0.692. The van der Waals surface area contributed by atoms with Gasteiger partial charge in [-0.2, -0.15) is 0 Å². The van der Waals surface area contributed by atoms with Crippen LogP contribution in [0.4, 0.5) is 0 Å². The number of carbonyl (C=O) groups is 2. The topological polar surface area (TPSA) is 43.4 Å². The predicted octanol–water partition coefficient (Wildman–Crippen LogP) is 5.40. The van der Waals surface area contributed by atoms with Gasteiger partial charge in [-0.15, -0.1) is 6.42 Å². The molecule has 2 fully saturated rings. The molecule has 0 aliphatic heterocycles. The lowest BCUT2D eigenvalue weighted by Gasteiger charge is -2.56. The number of hydrogen-bond acceptors (Lipinski definition) is 3. The number of hydrogen-bond donors (Lipinski definition) is 0. The van der Waals surface area contributed by atoms with Crippen molar-refractivity contribution in [3.8, 4) is 12.3 Å². The van der Waals surface area contributed by atoms with E-state index in [1.165, 1.54) is 5.57 Å². The van der Waals surface area contributed by atoms with Crippen molar-refractivity contribution in [3.05, 3.63) is 23.8 Å². The first kappa shape index (κ1) is 20.5. The quantitative estimate of drug-likeness (QED) is 0.356. The first-order valence-electron chi connectivity index (χ1n) is 11.6. The van der Waals surface area contributed by atoms with Crippen LogP contribution in [0, 0.1) is 41.4 Å². The molecular weight excluding hydrogens is 360 g/mol. The molecule has 0 heterocycles. The molecule has 0 aromatic carbocycles. The van der Waals surface area contributed by atoms with E-state index in [1.54, 1.807) is 0 Å². The Balaban J connectivity index is 1.61. The highest BCUT2D eigenvalue weighted by Gasteiger charge is 2.63. The summed E-state index contributed by atoms with van der Waals surface area (Å²) in [5, 5.41) is 0. The molecule has 0 amide bonds. The van der Waals surface area contributed by atoms with Gasteiger partial charge in [0.1, 0.15) is 0 Å². The maximum Gasteiger partial charge on any atom is 0.307 e. The number of fused-ring (bicyclic) bond motifs is 5. The van der Waals surface area contributed by atoms with Gasteiger partial charge in [0.05, 0.1) is 0 Å². The van der Waals surface area contributed by atoms with E-state index in [2.05, 4.69) is 25.8 Å². The third-order valence-electron chi connectivity index (χ3n) is 8.51. The van der Waals surface area contributed by atoms with Gasteiger partial charge in [0.15, 0.2) is 11.4 Å². The summed E-state index contributed by atoms with van der Waals surface area (Å²) < 4.78 is 6.10. The Labute approximate surface area is 175 Å². The molecule has 0 radical (unpaired) electrons. The zero-order valence-electron chi connectivity index (χ0n) is 17.9. The molecule has 0 unspecified atom stereocenters. The van der Waals surface area contributed by atoms with Crippen LogP contribution in [0.3, 0.4) is 0 Å². The Kier molecular flexibility index (Phi) is 5.49. The minimum atomic E-state index is -0.902. The largest absolute Gasteiger partial charge is 0.441 e. The second kappa shape index (κ2) is 7.78.